The van der Waals surface area contributed by atoms with E-state index in [4.69, 9.17) is 0 Å². The average molecular weight is 421 g/mol. The highest BCUT2D eigenvalue weighted by Gasteiger charge is 2.19. The maximum absolute atomic E-state index is 12.6. The van der Waals surface area contributed by atoms with Gasteiger partial charge >= 0.3 is 0 Å². The van der Waals surface area contributed by atoms with Crippen LogP contribution in [-0.4, -0.2) is 61.4 Å². The largest absolute Gasteiger partial charge is 0.348 e. The number of nitrogens with one attached hydrogen (secondary N) is 1. The summed E-state index contributed by atoms with van der Waals surface area (Å²) in [6.45, 7) is 6.62. The Morgan fingerprint density at radius 1 is 0.935 bits per heavy atom. The van der Waals surface area contributed by atoms with Gasteiger partial charge in [0, 0.05) is 63.5 Å². The molecule has 164 valence electrons. The summed E-state index contributed by atoms with van der Waals surface area (Å²) in [4.78, 5) is 31.3. The molecule has 2 aromatic carbocycles. The van der Waals surface area contributed by atoms with E-state index in [0.29, 0.717) is 18.5 Å². The van der Waals surface area contributed by atoms with Gasteiger partial charge in [0.25, 0.3) is 5.91 Å². The van der Waals surface area contributed by atoms with Crippen molar-refractivity contribution in [3.63, 3.8) is 0 Å². The molecule has 6 heteroatoms. The highest BCUT2D eigenvalue weighted by atomic mass is 16.2. The normalized spacial score (nSPS) is 18.2. The fourth-order valence-corrected chi connectivity index (χ4v) is 4.26. The minimum atomic E-state index is -0.0963. The lowest BCUT2D eigenvalue weighted by Gasteiger charge is -2.32. The number of nitrogens with zero attached hydrogens (tertiary/aromatic N) is 3. The van der Waals surface area contributed by atoms with Gasteiger partial charge in [-0.05, 0) is 55.3 Å². The van der Waals surface area contributed by atoms with E-state index in [1.807, 2.05) is 17.0 Å². The molecule has 0 aromatic heterocycles. The topological polar surface area (TPSA) is 55.9 Å². The van der Waals surface area contributed by atoms with Gasteiger partial charge in [-0.25, -0.2) is 0 Å². The zero-order valence-corrected chi connectivity index (χ0v) is 18.3. The standard InChI is InChI=1S/C25H32N4O2/c1-27-13-15-28(16-14-27)19-21-6-4-5-20(17-21)18-26-25(31)22-8-10-23(11-9-22)29-12-3-2-7-24(29)30/h4-6,8-11,17H,2-3,7,12-16,18-19H2,1H3,(H,26,31). The highest BCUT2D eigenvalue weighted by Crippen LogP contribution is 2.21. The predicted molar refractivity (Wildman–Crippen MR) is 123 cm³/mol. The number of amides is 2. The first-order valence-corrected chi connectivity index (χ1v) is 11.3. The third-order valence-electron chi connectivity index (χ3n) is 6.21. The van der Waals surface area contributed by atoms with Crippen molar-refractivity contribution in [3.05, 3.63) is 65.2 Å². The summed E-state index contributed by atoms with van der Waals surface area (Å²) in [5.74, 6) is 0.0703. The molecule has 0 radical (unpaired) electrons. The number of benzene rings is 2. The number of rotatable bonds is 6. The molecular formula is C25H32N4O2. The van der Waals surface area contributed by atoms with Crippen LogP contribution in [0.4, 0.5) is 5.69 Å². The number of hydrogen-bond acceptors (Lipinski definition) is 4. The molecule has 2 aromatic rings. The summed E-state index contributed by atoms with van der Waals surface area (Å²) in [6.07, 6.45) is 2.60. The molecule has 0 unspecified atom stereocenters. The zero-order valence-electron chi connectivity index (χ0n) is 18.3. The van der Waals surface area contributed by atoms with E-state index in [1.165, 1.54) is 5.56 Å². The summed E-state index contributed by atoms with van der Waals surface area (Å²) in [7, 11) is 2.17. The average Bonchev–Trinajstić information content (AvgIpc) is 2.80. The van der Waals surface area contributed by atoms with Crippen LogP contribution in [0.25, 0.3) is 0 Å². The second kappa shape index (κ2) is 10.1. The molecule has 0 saturated carbocycles. The molecule has 0 aliphatic carbocycles. The van der Waals surface area contributed by atoms with E-state index in [0.717, 1.165) is 63.4 Å². The van der Waals surface area contributed by atoms with E-state index in [9.17, 15) is 9.59 Å². The van der Waals surface area contributed by atoms with Crippen LogP contribution in [0.2, 0.25) is 0 Å². The summed E-state index contributed by atoms with van der Waals surface area (Å²) in [5, 5.41) is 3.02. The molecule has 2 aliphatic heterocycles. The Morgan fingerprint density at radius 3 is 2.42 bits per heavy atom. The molecule has 0 atom stereocenters. The quantitative estimate of drug-likeness (QED) is 0.781. The Balaban J connectivity index is 1.30. The van der Waals surface area contributed by atoms with Crippen molar-refractivity contribution in [2.75, 3.05) is 44.7 Å². The lowest BCUT2D eigenvalue weighted by Crippen LogP contribution is -2.43. The molecule has 2 fully saturated rings. The Labute approximate surface area is 184 Å². The number of piperidine rings is 1. The lowest BCUT2D eigenvalue weighted by atomic mass is 10.1. The zero-order chi connectivity index (χ0) is 21.6. The first kappa shape index (κ1) is 21.5. The summed E-state index contributed by atoms with van der Waals surface area (Å²) >= 11 is 0. The molecule has 6 nitrogen and oxygen atoms in total. The Kier molecular flexibility index (Phi) is 6.99. The number of piperazine rings is 1. The van der Waals surface area contributed by atoms with E-state index in [1.54, 1.807) is 12.1 Å². The minimum Gasteiger partial charge on any atom is -0.348 e. The van der Waals surface area contributed by atoms with Gasteiger partial charge < -0.3 is 15.1 Å². The highest BCUT2D eigenvalue weighted by molar-refractivity contribution is 5.96. The third-order valence-corrected chi connectivity index (χ3v) is 6.21. The third kappa shape index (κ3) is 5.71. The van der Waals surface area contributed by atoms with Crippen LogP contribution in [0, 0.1) is 0 Å². The molecule has 31 heavy (non-hydrogen) atoms. The SMILES string of the molecule is CN1CCN(Cc2cccc(CNC(=O)c3ccc(N4CCCCC4=O)cc3)c2)CC1. The predicted octanol–water partition coefficient (Wildman–Crippen LogP) is 2.88. The summed E-state index contributed by atoms with van der Waals surface area (Å²) in [6, 6.07) is 15.8. The van der Waals surface area contributed by atoms with Crippen LogP contribution in [0.3, 0.4) is 0 Å². The number of anilines is 1. The first-order chi connectivity index (χ1) is 15.1. The second-order valence-corrected chi connectivity index (χ2v) is 8.63. The molecule has 4 rings (SSSR count). The molecule has 1 N–H and O–H groups in total. The van der Waals surface area contributed by atoms with Gasteiger partial charge in [0.05, 0.1) is 0 Å². The molecule has 2 saturated heterocycles. The van der Waals surface area contributed by atoms with Crippen molar-refractivity contribution in [1.82, 2.24) is 15.1 Å². The van der Waals surface area contributed by atoms with Gasteiger partial charge in [-0.15, -0.1) is 0 Å². The molecule has 0 spiro atoms. The van der Waals surface area contributed by atoms with Crippen LogP contribution in [-0.2, 0) is 17.9 Å². The second-order valence-electron chi connectivity index (χ2n) is 8.63. The summed E-state index contributed by atoms with van der Waals surface area (Å²) in [5.41, 5.74) is 3.88. The molecule has 2 aliphatic rings. The molecular weight excluding hydrogens is 388 g/mol. The fourth-order valence-electron chi connectivity index (χ4n) is 4.26. The minimum absolute atomic E-state index is 0.0963. The van der Waals surface area contributed by atoms with Crippen LogP contribution < -0.4 is 10.2 Å². The smallest absolute Gasteiger partial charge is 0.251 e. The van der Waals surface area contributed by atoms with Crippen molar-refractivity contribution in [3.8, 4) is 0 Å². The van der Waals surface area contributed by atoms with Gasteiger partial charge in [0.1, 0.15) is 0 Å². The summed E-state index contributed by atoms with van der Waals surface area (Å²) < 4.78 is 0. The van der Waals surface area contributed by atoms with E-state index < -0.39 is 0 Å². The Morgan fingerprint density at radius 2 is 1.68 bits per heavy atom. The van der Waals surface area contributed by atoms with Crippen LogP contribution >= 0.6 is 0 Å². The van der Waals surface area contributed by atoms with Gasteiger partial charge in [-0.2, -0.15) is 0 Å². The fraction of sp³-hybridized carbons (Fsp3) is 0.440. The lowest BCUT2D eigenvalue weighted by molar-refractivity contribution is -0.119. The van der Waals surface area contributed by atoms with Crippen LogP contribution in [0.15, 0.2) is 48.5 Å². The van der Waals surface area contributed by atoms with Crippen molar-refractivity contribution in [1.29, 1.82) is 0 Å². The number of likely N-dealkylation sites (N-methyl/N-ethyl adjacent to an activating group) is 1. The Bertz CT molecular complexity index is 904. The van der Waals surface area contributed by atoms with Crippen molar-refractivity contribution in [2.24, 2.45) is 0 Å². The van der Waals surface area contributed by atoms with Gasteiger partial charge in [-0.1, -0.05) is 24.3 Å². The molecule has 0 bridgehead atoms. The monoisotopic (exact) mass is 420 g/mol. The van der Waals surface area contributed by atoms with Crippen LogP contribution in [0.5, 0.6) is 0 Å². The first-order valence-electron chi connectivity index (χ1n) is 11.3. The maximum Gasteiger partial charge on any atom is 0.251 e. The van der Waals surface area contributed by atoms with E-state index >= 15 is 0 Å². The van der Waals surface area contributed by atoms with Crippen molar-refractivity contribution < 1.29 is 9.59 Å². The van der Waals surface area contributed by atoms with Crippen LogP contribution in [0.1, 0.15) is 40.7 Å². The van der Waals surface area contributed by atoms with Gasteiger partial charge in [0.2, 0.25) is 5.91 Å². The van der Waals surface area contributed by atoms with E-state index in [-0.39, 0.29) is 11.8 Å². The van der Waals surface area contributed by atoms with Crippen molar-refractivity contribution >= 4 is 17.5 Å². The number of carbonyl (C=O) groups is 2. The van der Waals surface area contributed by atoms with Gasteiger partial charge in [0.15, 0.2) is 0 Å². The Hall–Kier alpha value is -2.70. The van der Waals surface area contributed by atoms with E-state index in [2.05, 4.69) is 46.4 Å². The number of carbonyl (C=O) groups excluding carboxylic acids is 2. The van der Waals surface area contributed by atoms with Crippen molar-refractivity contribution in [2.45, 2.75) is 32.4 Å². The van der Waals surface area contributed by atoms with Gasteiger partial charge in [-0.3, -0.25) is 14.5 Å². The number of hydrogen-bond donors (Lipinski definition) is 1. The molecule has 2 amide bonds. The molecule has 2 heterocycles. The maximum atomic E-state index is 12.6.